The number of ether oxygens (including phenoxy) is 1. The van der Waals surface area contributed by atoms with Crippen LogP contribution in [0, 0.1) is 0 Å². The zero-order chi connectivity index (χ0) is 24.5. The number of carbonyl (C=O) groups is 2. The molecule has 35 heavy (non-hydrogen) atoms. The molecule has 0 fully saturated rings. The molecule has 8 nitrogen and oxygen atoms in total. The summed E-state index contributed by atoms with van der Waals surface area (Å²) < 4.78 is 7.11. The average Bonchev–Trinajstić information content (AvgIpc) is 3.55. The molecule has 0 saturated carbocycles. The highest BCUT2D eigenvalue weighted by Gasteiger charge is 2.16. The maximum Gasteiger partial charge on any atom is 0.251 e. The van der Waals surface area contributed by atoms with Gasteiger partial charge in [-0.3, -0.25) is 9.59 Å². The fraction of sp³-hybridized carbons (Fsp3) is 0.200. The molecule has 4 aromatic rings. The highest BCUT2D eigenvalue weighted by molar-refractivity contribution is 7.99. The summed E-state index contributed by atoms with van der Waals surface area (Å²) in [7, 11) is 1.58. The Hall–Kier alpha value is -3.63. The molecular weight excluding hydrogens is 482 g/mol. The van der Waals surface area contributed by atoms with E-state index in [-0.39, 0.29) is 24.1 Å². The summed E-state index contributed by atoms with van der Waals surface area (Å²) in [5.74, 6) is 1.20. The number of nitrogens with one attached hydrogen (secondary N) is 2. The maximum absolute atomic E-state index is 12.6. The van der Waals surface area contributed by atoms with E-state index in [9.17, 15) is 9.59 Å². The number of methoxy groups -OCH3 is 1. The molecule has 0 aliphatic rings. The lowest BCUT2D eigenvalue weighted by molar-refractivity contribution is -0.113. The second-order valence-corrected chi connectivity index (χ2v) is 9.40. The van der Waals surface area contributed by atoms with Gasteiger partial charge in [0.25, 0.3) is 5.91 Å². The fourth-order valence-electron chi connectivity index (χ4n) is 3.32. The van der Waals surface area contributed by atoms with E-state index in [0.717, 1.165) is 11.4 Å². The van der Waals surface area contributed by atoms with Crippen LogP contribution in [0.5, 0.6) is 5.75 Å². The molecular formula is C25H25N5O3S2. The molecule has 180 valence electrons. The van der Waals surface area contributed by atoms with Crippen LogP contribution < -0.4 is 15.4 Å². The summed E-state index contributed by atoms with van der Waals surface area (Å²) in [6.45, 7) is 0.842. The minimum Gasteiger partial charge on any atom is -0.497 e. The molecule has 0 aliphatic heterocycles. The van der Waals surface area contributed by atoms with Crippen molar-refractivity contribution in [3.63, 3.8) is 0 Å². The summed E-state index contributed by atoms with van der Waals surface area (Å²) in [6, 6.07) is 20.8. The Morgan fingerprint density at radius 2 is 1.83 bits per heavy atom. The Kier molecular flexibility index (Phi) is 8.53. The number of aryl methyl sites for hydroxylation is 1. The van der Waals surface area contributed by atoms with Crippen molar-refractivity contribution in [3.05, 3.63) is 89.1 Å². The van der Waals surface area contributed by atoms with Crippen LogP contribution >= 0.6 is 23.1 Å². The highest BCUT2D eigenvalue weighted by atomic mass is 32.2. The van der Waals surface area contributed by atoms with E-state index in [1.807, 2.05) is 40.3 Å². The number of nitrogens with zero attached hydrogens (tertiary/aromatic N) is 3. The number of anilines is 1. The average molecular weight is 508 g/mol. The molecule has 0 aliphatic carbocycles. The van der Waals surface area contributed by atoms with Crippen molar-refractivity contribution in [2.45, 2.75) is 24.7 Å². The Bertz CT molecular complexity index is 1240. The van der Waals surface area contributed by atoms with Crippen molar-refractivity contribution in [2.24, 2.45) is 0 Å². The van der Waals surface area contributed by atoms with Gasteiger partial charge in [-0.2, -0.15) is 0 Å². The van der Waals surface area contributed by atoms with Gasteiger partial charge >= 0.3 is 0 Å². The number of hydrogen-bond acceptors (Lipinski definition) is 7. The van der Waals surface area contributed by atoms with Gasteiger partial charge in [0.05, 0.1) is 24.4 Å². The van der Waals surface area contributed by atoms with Crippen molar-refractivity contribution in [2.75, 3.05) is 18.2 Å². The summed E-state index contributed by atoms with van der Waals surface area (Å²) in [4.78, 5) is 25.0. The highest BCUT2D eigenvalue weighted by Crippen LogP contribution is 2.20. The monoisotopic (exact) mass is 507 g/mol. The quantitative estimate of drug-likeness (QED) is 0.295. The molecule has 10 heteroatoms. The second-order valence-electron chi connectivity index (χ2n) is 7.51. The third-order valence-electron chi connectivity index (χ3n) is 5.14. The van der Waals surface area contributed by atoms with Crippen LogP contribution in [0.2, 0.25) is 0 Å². The second kappa shape index (κ2) is 12.2. The van der Waals surface area contributed by atoms with Gasteiger partial charge in [-0.15, -0.1) is 21.5 Å². The number of carbonyl (C=O) groups excluding carboxylic acids is 2. The van der Waals surface area contributed by atoms with Crippen molar-refractivity contribution in [1.29, 1.82) is 0 Å². The molecule has 2 N–H and O–H groups in total. The predicted molar refractivity (Wildman–Crippen MR) is 138 cm³/mol. The first-order valence-corrected chi connectivity index (χ1v) is 12.8. The van der Waals surface area contributed by atoms with Crippen LogP contribution in [0.4, 0.5) is 5.00 Å². The molecule has 0 atom stereocenters. The van der Waals surface area contributed by atoms with E-state index in [0.29, 0.717) is 28.8 Å². The molecule has 0 saturated heterocycles. The lowest BCUT2D eigenvalue weighted by Crippen LogP contribution is -2.25. The van der Waals surface area contributed by atoms with Crippen molar-refractivity contribution in [1.82, 2.24) is 20.1 Å². The molecule has 0 radical (unpaired) electrons. The summed E-state index contributed by atoms with van der Waals surface area (Å²) in [6.07, 6.45) is 0.771. The molecule has 2 aromatic carbocycles. The Morgan fingerprint density at radius 3 is 2.54 bits per heavy atom. The standard InChI is InChI=1S/C25H25N5O3S2/c1-33-20-11-9-19(10-12-20)24(32)26-16-21-28-29-25(30(21)14-13-18-6-3-2-4-7-18)35-17-22(31)27-23-8-5-15-34-23/h2-12,15H,13-14,16-17H2,1H3,(H,26,32)(H,27,31). The first-order chi connectivity index (χ1) is 17.1. The molecule has 0 bridgehead atoms. The maximum atomic E-state index is 12.6. The molecule has 2 aromatic heterocycles. The lowest BCUT2D eigenvalue weighted by Gasteiger charge is -2.11. The zero-order valence-electron chi connectivity index (χ0n) is 19.1. The van der Waals surface area contributed by atoms with Crippen molar-refractivity contribution >= 4 is 39.9 Å². The predicted octanol–water partition coefficient (Wildman–Crippen LogP) is 4.25. The number of amides is 2. The Balaban J connectivity index is 1.43. The molecule has 0 unspecified atom stereocenters. The van der Waals surface area contributed by atoms with E-state index in [1.54, 1.807) is 31.4 Å². The number of rotatable bonds is 11. The van der Waals surface area contributed by atoms with E-state index < -0.39 is 0 Å². The van der Waals surface area contributed by atoms with E-state index in [2.05, 4.69) is 33.0 Å². The molecule has 2 amide bonds. The fourth-order valence-corrected chi connectivity index (χ4v) is 4.74. The van der Waals surface area contributed by atoms with Gasteiger partial charge in [-0.1, -0.05) is 42.1 Å². The number of hydrogen-bond donors (Lipinski definition) is 2. The van der Waals surface area contributed by atoms with Gasteiger partial charge in [0.2, 0.25) is 5.91 Å². The molecule has 2 heterocycles. The van der Waals surface area contributed by atoms with Crippen LogP contribution in [-0.4, -0.2) is 39.4 Å². The largest absolute Gasteiger partial charge is 0.497 e. The van der Waals surface area contributed by atoms with Gasteiger partial charge in [-0.25, -0.2) is 0 Å². The number of thioether (sulfide) groups is 1. The van der Waals surface area contributed by atoms with Crippen LogP contribution in [0.3, 0.4) is 0 Å². The summed E-state index contributed by atoms with van der Waals surface area (Å²) in [5, 5.41) is 17.7. The number of benzene rings is 2. The smallest absolute Gasteiger partial charge is 0.251 e. The van der Waals surface area contributed by atoms with Gasteiger partial charge in [0.15, 0.2) is 11.0 Å². The first kappa shape index (κ1) is 24.5. The van der Waals surface area contributed by atoms with Crippen LogP contribution in [0.15, 0.2) is 77.3 Å². The van der Waals surface area contributed by atoms with Crippen LogP contribution in [0.1, 0.15) is 21.7 Å². The van der Waals surface area contributed by atoms with Crippen LogP contribution in [0.25, 0.3) is 0 Å². The van der Waals surface area contributed by atoms with Crippen molar-refractivity contribution in [3.8, 4) is 5.75 Å². The topological polar surface area (TPSA) is 98.1 Å². The Labute approximate surface area is 211 Å². The third kappa shape index (κ3) is 6.93. The van der Waals surface area contributed by atoms with Gasteiger partial charge in [0, 0.05) is 12.1 Å². The van der Waals surface area contributed by atoms with E-state index >= 15 is 0 Å². The summed E-state index contributed by atoms with van der Waals surface area (Å²) in [5.41, 5.74) is 1.71. The molecule has 0 spiro atoms. The minimum absolute atomic E-state index is 0.107. The van der Waals surface area contributed by atoms with Crippen LogP contribution in [-0.2, 0) is 24.3 Å². The normalized spacial score (nSPS) is 10.7. The zero-order valence-corrected chi connectivity index (χ0v) is 20.8. The number of thiophene rings is 1. The molecule has 4 rings (SSSR count). The van der Waals surface area contributed by atoms with Crippen molar-refractivity contribution < 1.29 is 14.3 Å². The van der Waals surface area contributed by atoms with E-state index in [1.165, 1.54) is 28.7 Å². The first-order valence-electron chi connectivity index (χ1n) is 11.0. The third-order valence-corrected chi connectivity index (χ3v) is 6.89. The Morgan fingerprint density at radius 1 is 1.03 bits per heavy atom. The lowest BCUT2D eigenvalue weighted by atomic mass is 10.1. The van der Waals surface area contributed by atoms with Gasteiger partial charge < -0.3 is 19.9 Å². The van der Waals surface area contributed by atoms with Gasteiger partial charge in [0.1, 0.15) is 5.75 Å². The van der Waals surface area contributed by atoms with E-state index in [4.69, 9.17) is 4.74 Å². The minimum atomic E-state index is -0.213. The number of aromatic nitrogens is 3. The van der Waals surface area contributed by atoms with Gasteiger partial charge in [-0.05, 0) is 53.8 Å². The SMILES string of the molecule is COc1ccc(C(=O)NCc2nnc(SCC(=O)Nc3cccs3)n2CCc2ccccc2)cc1. The summed E-state index contributed by atoms with van der Waals surface area (Å²) >= 11 is 2.80.